The molecule has 0 saturated carbocycles. The number of rotatable bonds is 10. The molecule has 146 valence electrons. The van der Waals surface area contributed by atoms with Gasteiger partial charge < -0.3 is 25.2 Å². The minimum absolute atomic E-state index is 0.0917. The molecule has 1 fully saturated rings. The topological polar surface area (TPSA) is 75.1 Å². The fourth-order valence-electron chi connectivity index (χ4n) is 2.71. The Morgan fingerprint density at radius 2 is 2.27 bits per heavy atom. The van der Waals surface area contributed by atoms with E-state index in [2.05, 4.69) is 15.6 Å². The molecule has 2 atom stereocenters. The van der Waals surface area contributed by atoms with Gasteiger partial charge in [0.25, 0.3) is 0 Å². The summed E-state index contributed by atoms with van der Waals surface area (Å²) >= 11 is 0. The molecule has 26 heavy (non-hydrogen) atoms. The maximum absolute atomic E-state index is 13.7. The molecule has 3 N–H and O–H groups in total. The Bertz CT molecular complexity index is 551. The highest BCUT2D eigenvalue weighted by atomic mass is 19.1. The van der Waals surface area contributed by atoms with Crippen LogP contribution in [0.25, 0.3) is 0 Å². The van der Waals surface area contributed by atoms with Crippen LogP contribution in [0.3, 0.4) is 0 Å². The van der Waals surface area contributed by atoms with Gasteiger partial charge in [0.1, 0.15) is 11.9 Å². The summed E-state index contributed by atoms with van der Waals surface area (Å²) in [4.78, 5) is 4.33. The molecule has 2 rings (SSSR count). The van der Waals surface area contributed by atoms with Crippen LogP contribution in [0.5, 0.6) is 0 Å². The smallest absolute Gasteiger partial charge is 0.191 e. The van der Waals surface area contributed by atoms with E-state index < -0.39 is 11.9 Å². The second-order valence-corrected chi connectivity index (χ2v) is 6.34. The quantitative estimate of drug-likeness (QED) is 0.334. The average molecular weight is 367 g/mol. The SMILES string of the molecule is CCNC(=NCC(O)c1ccccc1F)NCCCOCC1CCOC1. The second kappa shape index (κ2) is 11.8. The summed E-state index contributed by atoms with van der Waals surface area (Å²) in [6, 6.07) is 6.21. The van der Waals surface area contributed by atoms with Crippen LogP contribution in [-0.2, 0) is 9.47 Å². The van der Waals surface area contributed by atoms with E-state index in [1.165, 1.54) is 6.07 Å². The second-order valence-electron chi connectivity index (χ2n) is 6.34. The van der Waals surface area contributed by atoms with Crippen molar-refractivity contribution < 1.29 is 19.0 Å². The van der Waals surface area contributed by atoms with Crippen molar-refractivity contribution in [2.24, 2.45) is 10.9 Å². The molecule has 0 aromatic heterocycles. The predicted octanol–water partition coefficient (Wildman–Crippen LogP) is 1.86. The maximum atomic E-state index is 13.7. The third-order valence-electron chi connectivity index (χ3n) is 4.17. The number of nitrogens with one attached hydrogen (secondary N) is 2. The zero-order chi connectivity index (χ0) is 18.6. The number of benzene rings is 1. The number of halogens is 1. The number of aliphatic hydroxyl groups is 1. The van der Waals surface area contributed by atoms with Crippen molar-refractivity contribution in [2.45, 2.75) is 25.9 Å². The standard InChI is InChI=1S/C19H30FN3O3/c1-2-21-19(22-9-5-10-25-13-15-8-11-26-14-15)23-12-18(24)16-6-3-4-7-17(16)20/h3-4,6-7,15,18,24H,2,5,8-14H2,1H3,(H2,21,22,23). The molecule has 0 radical (unpaired) electrons. The van der Waals surface area contributed by atoms with Gasteiger partial charge in [-0.15, -0.1) is 0 Å². The number of hydrogen-bond donors (Lipinski definition) is 3. The van der Waals surface area contributed by atoms with Crippen LogP contribution in [0.1, 0.15) is 31.4 Å². The van der Waals surface area contributed by atoms with Crippen molar-refractivity contribution in [1.29, 1.82) is 0 Å². The van der Waals surface area contributed by atoms with Crippen molar-refractivity contribution >= 4 is 5.96 Å². The number of aliphatic hydroxyl groups excluding tert-OH is 1. The fraction of sp³-hybridized carbons (Fsp3) is 0.632. The molecule has 0 bridgehead atoms. The molecular formula is C19H30FN3O3. The molecule has 1 aliphatic rings. The largest absolute Gasteiger partial charge is 0.386 e. The van der Waals surface area contributed by atoms with Crippen LogP contribution in [0.15, 0.2) is 29.3 Å². The monoisotopic (exact) mass is 367 g/mol. The Labute approximate surface area is 154 Å². The van der Waals surface area contributed by atoms with Crippen LogP contribution in [0.4, 0.5) is 4.39 Å². The van der Waals surface area contributed by atoms with Crippen molar-refractivity contribution in [1.82, 2.24) is 10.6 Å². The van der Waals surface area contributed by atoms with Crippen LogP contribution in [0.2, 0.25) is 0 Å². The fourth-order valence-corrected chi connectivity index (χ4v) is 2.71. The van der Waals surface area contributed by atoms with E-state index in [4.69, 9.17) is 9.47 Å². The minimum atomic E-state index is -0.969. The van der Waals surface area contributed by atoms with E-state index in [1.54, 1.807) is 18.2 Å². The third-order valence-corrected chi connectivity index (χ3v) is 4.17. The van der Waals surface area contributed by atoms with E-state index in [9.17, 15) is 9.50 Å². The van der Waals surface area contributed by atoms with Crippen LogP contribution in [0, 0.1) is 11.7 Å². The van der Waals surface area contributed by atoms with Gasteiger partial charge in [0, 0.05) is 37.8 Å². The number of aliphatic imine (C=N–C) groups is 1. The lowest BCUT2D eigenvalue weighted by atomic mass is 10.1. The average Bonchev–Trinajstić information content (AvgIpc) is 3.16. The number of hydrogen-bond acceptors (Lipinski definition) is 4. The first-order valence-electron chi connectivity index (χ1n) is 9.30. The lowest BCUT2D eigenvalue weighted by Crippen LogP contribution is -2.38. The highest BCUT2D eigenvalue weighted by Gasteiger charge is 2.15. The lowest BCUT2D eigenvalue weighted by Gasteiger charge is -2.14. The summed E-state index contributed by atoms with van der Waals surface area (Å²) in [7, 11) is 0. The first kappa shape index (κ1) is 20.6. The highest BCUT2D eigenvalue weighted by molar-refractivity contribution is 5.79. The Kier molecular flexibility index (Phi) is 9.38. The van der Waals surface area contributed by atoms with Crippen LogP contribution in [-0.4, -0.2) is 57.1 Å². The Morgan fingerprint density at radius 3 is 3.00 bits per heavy atom. The van der Waals surface area contributed by atoms with Gasteiger partial charge in [-0.3, -0.25) is 4.99 Å². The number of ether oxygens (including phenoxy) is 2. The van der Waals surface area contributed by atoms with Crippen molar-refractivity contribution in [3.63, 3.8) is 0 Å². The summed E-state index contributed by atoms with van der Waals surface area (Å²) in [6.07, 6.45) is 0.969. The van der Waals surface area contributed by atoms with Gasteiger partial charge in [-0.1, -0.05) is 18.2 Å². The maximum Gasteiger partial charge on any atom is 0.191 e. The summed E-state index contributed by atoms with van der Waals surface area (Å²) in [5.74, 6) is 0.715. The Hall–Kier alpha value is -1.70. The van der Waals surface area contributed by atoms with Gasteiger partial charge >= 0.3 is 0 Å². The number of guanidine groups is 1. The molecule has 1 aromatic rings. The normalized spacial score (nSPS) is 18.7. The molecule has 1 aromatic carbocycles. The van der Waals surface area contributed by atoms with Gasteiger partial charge in [0.2, 0.25) is 0 Å². The number of nitrogens with zero attached hydrogens (tertiary/aromatic N) is 1. The van der Waals surface area contributed by atoms with Gasteiger partial charge in [-0.2, -0.15) is 0 Å². The van der Waals surface area contributed by atoms with E-state index in [-0.39, 0.29) is 12.1 Å². The van der Waals surface area contributed by atoms with E-state index in [0.717, 1.165) is 32.7 Å². The van der Waals surface area contributed by atoms with Gasteiger partial charge in [0.15, 0.2) is 5.96 Å². The molecule has 1 saturated heterocycles. The van der Waals surface area contributed by atoms with Crippen LogP contribution < -0.4 is 10.6 Å². The predicted molar refractivity (Wildman–Crippen MR) is 99.7 cm³/mol. The lowest BCUT2D eigenvalue weighted by molar-refractivity contribution is 0.0888. The molecule has 0 amide bonds. The molecule has 0 spiro atoms. The molecule has 0 aliphatic carbocycles. The Balaban J connectivity index is 1.67. The van der Waals surface area contributed by atoms with Crippen LogP contribution >= 0.6 is 0 Å². The van der Waals surface area contributed by atoms with Crippen molar-refractivity contribution in [2.75, 3.05) is 46.1 Å². The highest BCUT2D eigenvalue weighted by Crippen LogP contribution is 2.16. The summed E-state index contributed by atoms with van der Waals surface area (Å²) in [6.45, 7) is 6.56. The van der Waals surface area contributed by atoms with Gasteiger partial charge in [-0.25, -0.2) is 4.39 Å². The summed E-state index contributed by atoms with van der Waals surface area (Å²) in [5, 5.41) is 16.4. The zero-order valence-corrected chi connectivity index (χ0v) is 15.4. The van der Waals surface area contributed by atoms with E-state index >= 15 is 0 Å². The van der Waals surface area contributed by atoms with E-state index in [1.807, 2.05) is 6.92 Å². The minimum Gasteiger partial charge on any atom is -0.386 e. The Morgan fingerprint density at radius 1 is 1.42 bits per heavy atom. The van der Waals surface area contributed by atoms with Gasteiger partial charge in [-0.05, 0) is 25.8 Å². The van der Waals surface area contributed by atoms with Gasteiger partial charge in [0.05, 0.1) is 19.8 Å². The first-order valence-corrected chi connectivity index (χ1v) is 9.30. The third kappa shape index (κ3) is 7.27. The summed E-state index contributed by atoms with van der Waals surface area (Å²) in [5.41, 5.74) is 0.261. The molecule has 2 unspecified atom stereocenters. The molecule has 1 aliphatic heterocycles. The molecular weight excluding hydrogens is 337 g/mol. The molecule has 7 heteroatoms. The van der Waals surface area contributed by atoms with Crippen molar-refractivity contribution in [3.05, 3.63) is 35.6 Å². The molecule has 6 nitrogen and oxygen atoms in total. The van der Waals surface area contributed by atoms with Crippen molar-refractivity contribution in [3.8, 4) is 0 Å². The summed E-state index contributed by atoms with van der Waals surface area (Å²) < 4.78 is 24.7. The zero-order valence-electron chi connectivity index (χ0n) is 15.4. The first-order chi connectivity index (χ1) is 12.7. The van der Waals surface area contributed by atoms with E-state index in [0.29, 0.717) is 31.6 Å². The molecule has 1 heterocycles.